The van der Waals surface area contributed by atoms with E-state index in [1.54, 1.807) is 24.3 Å². The second kappa shape index (κ2) is 11.3. The molecule has 2 aromatic carbocycles. The molecule has 0 saturated carbocycles. The summed E-state index contributed by atoms with van der Waals surface area (Å²) >= 11 is 0. The third-order valence-electron chi connectivity index (χ3n) is 3.76. The third-order valence-corrected chi connectivity index (χ3v) is 3.76. The van der Waals surface area contributed by atoms with Crippen LogP contribution in [0.15, 0.2) is 60.7 Å². The van der Waals surface area contributed by atoms with Gasteiger partial charge in [0.25, 0.3) is 0 Å². The van der Waals surface area contributed by atoms with Gasteiger partial charge in [-0.05, 0) is 60.0 Å². The number of carboxylic acid groups (broad SMARTS) is 2. The number of pyridine rings is 1. The van der Waals surface area contributed by atoms with Crippen molar-refractivity contribution in [1.29, 1.82) is 0 Å². The number of aromatic nitrogens is 1. The van der Waals surface area contributed by atoms with E-state index >= 15 is 0 Å². The molecule has 0 aliphatic carbocycles. The Bertz CT molecular complexity index is 916. The van der Waals surface area contributed by atoms with Crippen LogP contribution in [0.5, 0.6) is 0 Å². The van der Waals surface area contributed by atoms with Crippen molar-refractivity contribution in [2.75, 3.05) is 10.6 Å². The molecule has 0 atom stereocenters. The van der Waals surface area contributed by atoms with Crippen molar-refractivity contribution >= 4 is 34.9 Å². The average molecular weight is 407 g/mol. The molecule has 0 radical (unpaired) electrons. The van der Waals surface area contributed by atoms with Crippen molar-refractivity contribution in [3.63, 3.8) is 0 Å². The summed E-state index contributed by atoms with van der Waals surface area (Å²) in [4.78, 5) is 26.1. The minimum Gasteiger partial charge on any atom is -0.545 e. The topological polar surface area (TPSA) is 117 Å². The summed E-state index contributed by atoms with van der Waals surface area (Å²) < 4.78 is 0. The number of nitrogens with zero attached hydrogens (tertiary/aromatic N) is 1. The van der Waals surface area contributed by atoms with Gasteiger partial charge in [0.15, 0.2) is 0 Å². The first-order valence-electron chi connectivity index (χ1n) is 8.06. The fraction of sp³-hybridized carbons (Fsp3) is 0.0500. The zero-order chi connectivity index (χ0) is 19.4. The van der Waals surface area contributed by atoms with E-state index in [4.69, 9.17) is 0 Å². The van der Waals surface area contributed by atoms with Gasteiger partial charge in [0.05, 0.1) is 11.9 Å². The number of carboxylic acids is 2. The number of carbonyl (C=O) groups is 2. The maximum Gasteiger partial charge on any atom is 1.00 e. The third kappa shape index (κ3) is 7.15. The summed E-state index contributed by atoms with van der Waals surface area (Å²) in [6, 6.07) is 16.0. The van der Waals surface area contributed by atoms with Crippen LogP contribution in [0.3, 0.4) is 0 Å². The number of carbonyl (C=O) groups excluding carboxylic acids is 2. The maximum atomic E-state index is 10.8. The quantitative estimate of drug-likeness (QED) is 0.397. The van der Waals surface area contributed by atoms with E-state index in [1.807, 2.05) is 19.1 Å². The number of hydrogen-bond acceptors (Lipinski definition) is 7. The van der Waals surface area contributed by atoms with E-state index in [2.05, 4.69) is 15.6 Å². The Morgan fingerprint density at radius 2 is 1.07 bits per heavy atom. The number of benzene rings is 2. The van der Waals surface area contributed by atoms with Crippen molar-refractivity contribution in [2.24, 2.45) is 0 Å². The molecule has 136 valence electrons. The van der Waals surface area contributed by atoms with Gasteiger partial charge in [-0.25, -0.2) is 4.98 Å². The zero-order valence-corrected chi connectivity index (χ0v) is 20.4. The molecular formula is C20H15N3Na2O4. The first-order valence-corrected chi connectivity index (χ1v) is 8.06. The molecule has 0 spiro atoms. The fourth-order valence-electron chi connectivity index (χ4n) is 2.47. The smallest absolute Gasteiger partial charge is 0.545 e. The molecule has 0 bridgehead atoms. The van der Waals surface area contributed by atoms with Crippen molar-refractivity contribution in [3.8, 4) is 0 Å². The molecule has 1 aromatic heterocycles. The summed E-state index contributed by atoms with van der Waals surface area (Å²) in [5, 5.41) is 27.8. The molecule has 3 aromatic rings. The van der Waals surface area contributed by atoms with E-state index in [0.717, 1.165) is 5.56 Å². The number of nitrogens with one attached hydrogen (secondary N) is 2. The first kappa shape index (κ1) is 25.2. The van der Waals surface area contributed by atoms with Crippen molar-refractivity contribution in [2.45, 2.75) is 6.92 Å². The second-order valence-electron chi connectivity index (χ2n) is 5.89. The second-order valence-corrected chi connectivity index (χ2v) is 5.89. The van der Waals surface area contributed by atoms with Gasteiger partial charge in [0.1, 0.15) is 11.6 Å². The van der Waals surface area contributed by atoms with Crippen LogP contribution in [0.1, 0.15) is 26.3 Å². The molecule has 7 nitrogen and oxygen atoms in total. The molecule has 0 saturated heterocycles. The van der Waals surface area contributed by atoms with Crippen LogP contribution in [0.2, 0.25) is 0 Å². The minimum atomic E-state index is -1.23. The van der Waals surface area contributed by atoms with E-state index in [-0.39, 0.29) is 70.2 Å². The summed E-state index contributed by atoms with van der Waals surface area (Å²) in [5.41, 5.74) is 2.51. The Kier molecular flexibility index (Phi) is 9.85. The number of aromatic carboxylic acids is 2. The number of aryl methyl sites for hydroxylation is 1. The molecule has 0 aliphatic rings. The molecular weight excluding hydrogens is 392 g/mol. The standard InChI is InChI=1S/C20H17N3O4.2Na/c1-12-10-17(21-15-6-2-13(3-7-15)19(24)25)23-18(11-12)22-16-8-4-14(5-9-16)20(26)27;;/h2-11H,1H3,(H,24,25)(H,26,27)(H2,21,22,23);;/q;2*+1/p-2. The van der Waals surface area contributed by atoms with Gasteiger partial charge in [-0.15, -0.1) is 0 Å². The molecule has 0 amide bonds. The van der Waals surface area contributed by atoms with Crippen molar-refractivity contribution in [1.82, 2.24) is 4.98 Å². The van der Waals surface area contributed by atoms with E-state index in [9.17, 15) is 19.8 Å². The molecule has 1 heterocycles. The van der Waals surface area contributed by atoms with Crippen LogP contribution in [0, 0.1) is 6.92 Å². The van der Waals surface area contributed by atoms with E-state index in [1.165, 1.54) is 24.3 Å². The van der Waals surface area contributed by atoms with E-state index in [0.29, 0.717) is 23.0 Å². The average Bonchev–Trinajstić information content (AvgIpc) is 2.62. The van der Waals surface area contributed by atoms with Crippen LogP contribution < -0.4 is 80.0 Å². The molecule has 2 N–H and O–H groups in total. The van der Waals surface area contributed by atoms with Gasteiger partial charge < -0.3 is 30.4 Å². The predicted molar refractivity (Wildman–Crippen MR) is 97.1 cm³/mol. The number of rotatable bonds is 6. The Hall–Kier alpha value is -1.87. The first-order chi connectivity index (χ1) is 12.9. The molecule has 0 fully saturated rings. The SMILES string of the molecule is Cc1cc(Nc2ccc(C(=O)[O-])cc2)nc(Nc2ccc(C(=O)[O-])cc2)c1.[Na+].[Na+]. The van der Waals surface area contributed by atoms with Gasteiger partial charge >= 0.3 is 59.1 Å². The Balaban J connectivity index is 0.00000210. The summed E-state index contributed by atoms with van der Waals surface area (Å²) in [6.45, 7) is 1.91. The van der Waals surface area contributed by atoms with Crippen molar-refractivity contribution < 1.29 is 78.9 Å². The summed E-state index contributed by atoms with van der Waals surface area (Å²) in [7, 11) is 0. The molecule has 0 unspecified atom stereocenters. The molecule has 9 heteroatoms. The van der Waals surface area contributed by atoms with E-state index < -0.39 is 11.9 Å². The Labute approximate surface area is 212 Å². The van der Waals surface area contributed by atoms with Gasteiger partial charge in [-0.2, -0.15) is 0 Å². The summed E-state index contributed by atoms with van der Waals surface area (Å²) in [5.74, 6) is -1.31. The van der Waals surface area contributed by atoms with Crippen molar-refractivity contribution in [3.05, 3.63) is 77.4 Å². The zero-order valence-electron chi connectivity index (χ0n) is 16.4. The normalized spacial score (nSPS) is 9.55. The van der Waals surface area contributed by atoms with Crippen LogP contribution >= 0.6 is 0 Å². The minimum absolute atomic E-state index is 0. The molecule has 3 rings (SSSR count). The number of anilines is 4. The van der Waals surface area contributed by atoms with Crippen LogP contribution in [0.25, 0.3) is 0 Å². The summed E-state index contributed by atoms with van der Waals surface area (Å²) in [6.07, 6.45) is 0. The van der Waals surface area contributed by atoms with Gasteiger partial charge in [0, 0.05) is 11.4 Å². The fourth-order valence-corrected chi connectivity index (χ4v) is 2.47. The molecule has 29 heavy (non-hydrogen) atoms. The number of hydrogen-bond donors (Lipinski definition) is 2. The van der Waals surface area contributed by atoms with Gasteiger partial charge in [0.2, 0.25) is 0 Å². The van der Waals surface area contributed by atoms with Crippen LogP contribution in [-0.4, -0.2) is 16.9 Å². The largest absolute Gasteiger partial charge is 1.00 e. The van der Waals surface area contributed by atoms with Gasteiger partial charge in [-0.3, -0.25) is 0 Å². The van der Waals surface area contributed by atoms with Crippen LogP contribution in [0.4, 0.5) is 23.0 Å². The predicted octanol–water partition coefficient (Wildman–Crippen LogP) is -4.39. The monoisotopic (exact) mass is 407 g/mol. The Morgan fingerprint density at radius 3 is 1.38 bits per heavy atom. The van der Waals surface area contributed by atoms with Gasteiger partial charge in [-0.1, -0.05) is 24.3 Å². The Morgan fingerprint density at radius 1 is 0.724 bits per heavy atom. The maximum absolute atomic E-state index is 10.8. The molecule has 0 aliphatic heterocycles. The van der Waals surface area contributed by atoms with Crippen LogP contribution in [-0.2, 0) is 0 Å².